The molecule has 3 rings (SSSR count). The van der Waals surface area contributed by atoms with Gasteiger partial charge < -0.3 is 10.2 Å². The highest BCUT2D eigenvalue weighted by Crippen LogP contribution is 2.31. The van der Waals surface area contributed by atoms with Crippen LogP contribution in [0.2, 0.25) is 0 Å². The largest absolute Gasteiger partial charge is 0.324 e. The molecule has 2 N–H and O–H groups in total. The maximum absolute atomic E-state index is 12.2. The van der Waals surface area contributed by atoms with Crippen molar-refractivity contribution in [2.45, 2.75) is 32.6 Å². The first kappa shape index (κ1) is 14.8. The normalized spacial score (nSPS) is 21.5. The molecule has 2 aliphatic rings. The Morgan fingerprint density at radius 2 is 1.95 bits per heavy atom. The second-order valence-corrected chi connectivity index (χ2v) is 6.99. The molecule has 3 heterocycles. The van der Waals surface area contributed by atoms with Crippen LogP contribution in [0.1, 0.15) is 31.4 Å². The molecule has 0 aliphatic carbocycles. The van der Waals surface area contributed by atoms with E-state index in [1.165, 1.54) is 24.2 Å². The highest BCUT2D eigenvalue weighted by molar-refractivity contribution is 7.13. The van der Waals surface area contributed by atoms with E-state index in [1.54, 1.807) is 0 Å². The Hall–Kier alpha value is -1.14. The van der Waals surface area contributed by atoms with Gasteiger partial charge in [-0.1, -0.05) is 0 Å². The van der Waals surface area contributed by atoms with Gasteiger partial charge in [0.2, 0.25) is 0 Å². The van der Waals surface area contributed by atoms with Gasteiger partial charge in [-0.3, -0.25) is 5.32 Å². The molecule has 1 aromatic heterocycles. The summed E-state index contributed by atoms with van der Waals surface area (Å²) in [4.78, 5) is 18.5. The van der Waals surface area contributed by atoms with E-state index >= 15 is 0 Å². The van der Waals surface area contributed by atoms with Crippen LogP contribution in [0.5, 0.6) is 0 Å². The molecule has 6 heteroatoms. The summed E-state index contributed by atoms with van der Waals surface area (Å²) in [5.74, 6) is 1.66. The van der Waals surface area contributed by atoms with E-state index in [9.17, 15) is 4.79 Å². The van der Waals surface area contributed by atoms with E-state index in [4.69, 9.17) is 0 Å². The maximum Gasteiger partial charge on any atom is 0.323 e. The number of nitrogens with one attached hydrogen (secondary N) is 2. The standard InChI is InChI=1S/C15H24N4OS/c1-11-10-21-14(17-11)18-15(20)19-8-4-13(5-9-19)12-2-6-16-7-3-12/h10,12-13,16H,2-9H2,1H3,(H,17,18,20). The fourth-order valence-electron chi connectivity index (χ4n) is 3.47. The average molecular weight is 308 g/mol. The van der Waals surface area contributed by atoms with Gasteiger partial charge in [0.15, 0.2) is 5.13 Å². The van der Waals surface area contributed by atoms with Gasteiger partial charge in [-0.05, 0) is 57.5 Å². The Morgan fingerprint density at radius 1 is 1.29 bits per heavy atom. The Kier molecular flexibility index (Phi) is 4.75. The van der Waals surface area contributed by atoms with Crippen LogP contribution in [0.4, 0.5) is 9.93 Å². The number of piperidine rings is 2. The summed E-state index contributed by atoms with van der Waals surface area (Å²) in [5, 5.41) is 9.00. The first-order valence-corrected chi connectivity index (χ1v) is 8.79. The maximum atomic E-state index is 12.2. The van der Waals surface area contributed by atoms with Crippen LogP contribution in [0.25, 0.3) is 0 Å². The minimum absolute atomic E-state index is 0.00751. The molecule has 116 valence electrons. The number of carbonyl (C=O) groups is 1. The second kappa shape index (κ2) is 6.75. The van der Waals surface area contributed by atoms with Crippen molar-refractivity contribution in [2.24, 2.45) is 11.8 Å². The second-order valence-electron chi connectivity index (χ2n) is 6.14. The van der Waals surface area contributed by atoms with Gasteiger partial charge in [0.1, 0.15) is 0 Å². The number of rotatable bonds is 2. The zero-order chi connectivity index (χ0) is 14.7. The van der Waals surface area contributed by atoms with Crippen molar-refractivity contribution < 1.29 is 4.79 Å². The molecule has 0 spiro atoms. The van der Waals surface area contributed by atoms with Crippen LogP contribution < -0.4 is 10.6 Å². The third-order valence-electron chi connectivity index (χ3n) is 4.71. The number of urea groups is 1. The van der Waals surface area contributed by atoms with Gasteiger partial charge in [0.05, 0.1) is 5.69 Å². The van der Waals surface area contributed by atoms with E-state index in [0.29, 0.717) is 5.13 Å². The van der Waals surface area contributed by atoms with Crippen LogP contribution >= 0.6 is 11.3 Å². The number of nitrogens with zero attached hydrogens (tertiary/aromatic N) is 2. The monoisotopic (exact) mass is 308 g/mol. The van der Waals surface area contributed by atoms with E-state index in [0.717, 1.165) is 56.6 Å². The number of hydrogen-bond acceptors (Lipinski definition) is 4. The van der Waals surface area contributed by atoms with Crippen LogP contribution in [0, 0.1) is 18.8 Å². The summed E-state index contributed by atoms with van der Waals surface area (Å²) in [7, 11) is 0. The van der Waals surface area contributed by atoms with Gasteiger partial charge in [-0.25, -0.2) is 9.78 Å². The highest BCUT2D eigenvalue weighted by atomic mass is 32.1. The Labute approximate surface area is 130 Å². The lowest BCUT2D eigenvalue weighted by atomic mass is 9.79. The topological polar surface area (TPSA) is 57.3 Å². The number of aromatic nitrogens is 1. The molecule has 1 aromatic rings. The molecule has 0 bridgehead atoms. The van der Waals surface area contributed by atoms with Crippen molar-refractivity contribution in [3.8, 4) is 0 Å². The number of carbonyl (C=O) groups excluding carboxylic acids is 1. The number of amides is 2. The van der Waals surface area contributed by atoms with Crippen LogP contribution in [-0.4, -0.2) is 42.1 Å². The first-order valence-electron chi connectivity index (χ1n) is 7.91. The van der Waals surface area contributed by atoms with E-state index in [2.05, 4.69) is 15.6 Å². The molecular weight excluding hydrogens is 284 g/mol. The molecule has 0 saturated carbocycles. The van der Waals surface area contributed by atoms with Crippen molar-refractivity contribution in [3.05, 3.63) is 11.1 Å². The van der Waals surface area contributed by atoms with Gasteiger partial charge in [0.25, 0.3) is 0 Å². The third kappa shape index (κ3) is 3.74. The third-order valence-corrected chi connectivity index (χ3v) is 5.59. The minimum atomic E-state index is 0.00751. The molecule has 0 radical (unpaired) electrons. The highest BCUT2D eigenvalue weighted by Gasteiger charge is 2.29. The lowest BCUT2D eigenvalue weighted by molar-refractivity contribution is 0.144. The number of anilines is 1. The SMILES string of the molecule is Cc1csc(NC(=O)N2CCC(C3CCNCC3)CC2)n1. The van der Waals surface area contributed by atoms with Crippen molar-refractivity contribution in [2.75, 3.05) is 31.5 Å². The zero-order valence-electron chi connectivity index (χ0n) is 12.6. The van der Waals surface area contributed by atoms with Crippen LogP contribution in [0.3, 0.4) is 0 Å². The van der Waals surface area contributed by atoms with E-state index < -0.39 is 0 Å². The van der Waals surface area contributed by atoms with Gasteiger partial charge >= 0.3 is 6.03 Å². The molecule has 2 amide bonds. The summed E-state index contributed by atoms with van der Waals surface area (Å²) < 4.78 is 0. The smallest absolute Gasteiger partial charge is 0.323 e. The number of aryl methyl sites for hydroxylation is 1. The quantitative estimate of drug-likeness (QED) is 0.883. The van der Waals surface area contributed by atoms with Crippen LogP contribution in [-0.2, 0) is 0 Å². The number of thiazole rings is 1. The van der Waals surface area contributed by atoms with Crippen molar-refractivity contribution >= 4 is 22.5 Å². The van der Waals surface area contributed by atoms with E-state index in [1.807, 2.05) is 17.2 Å². The number of likely N-dealkylation sites (tertiary alicyclic amines) is 1. The molecule has 0 atom stereocenters. The van der Waals surface area contributed by atoms with Crippen molar-refractivity contribution in [3.63, 3.8) is 0 Å². The summed E-state index contributed by atoms with van der Waals surface area (Å²) in [6.07, 6.45) is 4.90. The molecule has 0 unspecified atom stereocenters. The van der Waals surface area contributed by atoms with Crippen molar-refractivity contribution in [1.29, 1.82) is 0 Å². The molecular formula is C15H24N4OS. The van der Waals surface area contributed by atoms with E-state index in [-0.39, 0.29) is 6.03 Å². The van der Waals surface area contributed by atoms with Gasteiger partial charge in [0, 0.05) is 18.5 Å². The van der Waals surface area contributed by atoms with Crippen molar-refractivity contribution in [1.82, 2.24) is 15.2 Å². The Morgan fingerprint density at radius 3 is 2.57 bits per heavy atom. The Bertz CT molecular complexity index is 476. The molecule has 5 nitrogen and oxygen atoms in total. The summed E-state index contributed by atoms with van der Waals surface area (Å²) >= 11 is 1.49. The van der Waals surface area contributed by atoms with Gasteiger partial charge in [-0.15, -0.1) is 11.3 Å². The molecule has 2 saturated heterocycles. The summed E-state index contributed by atoms with van der Waals surface area (Å²) in [6.45, 7) is 6.02. The lowest BCUT2D eigenvalue weighted by Gasteiger charge is -2.37. The fraction of sp³-hybridized carbons (Fsp3) is 0.733. The molecule has 2 aliphatic heterocycles. The first-order chi connectivity index (χ1) is 10.2. The minimum Gasteiger partial charge on any atom is -0.324 e. The number of hydrogen-bond donors (Lipinski definition) is 2. The molecule has 0 aromatic carbocycles. The predicted molar refractivity (Wildman–Crippen MR) is 85.8 cm³/mol. The molecule has 21 heavy (non-hydrogen) atoms. The van der Waals surface area contributed by atoms with Gasteiger partial charge in [-0.2, -0.15) is 0 Å². The lowest BCUT2D eigenvalue weighted by Crippen LogP contribution is -2.43. The fourth-order valence-corrected chi connectivity index (χ4v) is 4.15. The summed E-state index contributed by atoms with van der Waals surface area (Å²) in [5.41, 5.74) is 0.958. The summed E-state index contributed by atoms with van der Waals surface area (Å²) in [6, 6.07) is 0.00751. The van der Waals surface area contributed by atoms with Crippen LogP contribution in [0.15, 0.2) is 5.38 Å². The predicted octanol–water partition coefficient (Wildman–Crippen LogP) is 2.70. The molecule has 2 fully saturated rings. The average Bonchev–Trinajstić information content (AvgIpc) is 2.93. The zero-order valence-corrected chi connectivity index (χ0v) is 13.4. The Balaban J connectivity index is 1.47.